The zero-order chi connectivity index (χ0) is 19.4. The molecule has 0 radical (unpaired) electrons. The highest BCUT2D eigenvalue weighted by molar-refractivity contribution is 7.99. The van der Waals surface area contributed by atoms with Crippen LogP contribution in [0.2, 0.25) is 0 Å². The summed E-state index contributed by atoms with van der Waals surface area (Å²) in [5, 5.41) is 5.88. The van der Waals surface area contributed by atoms with Crippen LogP contribution in [-0.2, 0) is 11.3 Å². The molecule has 0 fully saturated rings. The monoisotopic (exact) mass is 394 g/mol. The number of nitrogens with one attached hydrogen (secondary N) is 2. The molecular weight excluding hydrogens is 372 g/mol. The van der Waals surface area contributed by atoms with Crippen molar-refractivity contribution in [3.8, 4) is 0 Å². The van der Waals surface area contributed by atoms with Crippen molar-refractivity contribution in [2.45, 2.75) is 45.4 Å². The molecule has 0 atom stereocenters. The molecule has 0 aromatic carbocycles. The summed E-state index contributed by atoms with van der Waals surface area (Å²) in [6.45, 7) is 11.4. The number of nitrogens with zero attached hydrogens (tertiary/aromatic N) is 2. The molecule has 26 heavy (non-hydrogen) atoms. The minimum absolute atomic E-state index is 0.0239. The predicted octanol–water partition coefficient (Wildman–Crippen LogP) is 2.59. The number of hydrogen-bond acceptors (Lipinski definition) is 6. The summed E-state index contributed by atoms with van der Waals surface area (Å²) in [6, 6.07) is -0.607. The predicted molar refractivity (Wildman–Crippen MR) is 106 cm³/mol. The van der Waals surface area contributed by atoms with E-state index in [2.05, 4.69) is 22.2 Å². The van der Waals surface area contributed by atoms with Crippen LogP contribution in [0.25, 0.3) is 10.2 Å². The Morgan fingerprint density at radius 3 is 2.69 bits per heavy atom. The highest BCUT2D eigenvalue weighted by Gasteiger charge is 2.17. The fourth-order valence-corrected chi connectivity index (χ4v) is 4.18. The van der Waals surface area contributed by atoms with Gasteiger partial charge in [-0.3, -0.25) is 19.5 Å². The molecule has 0 saturated heterocycles. The minimum Gasteiger partial charge on any atom is -0.336 e. The van der Waals surface area contributed by atoms with Gasteiger partial charge in [-0.2, -0.15) is 0 Å². The van der Waals surface area contributed by atoms with Crippen LogP contribution in [-0.4, -0.2) is 33.3 Å². The van der Waals surface area contributed by atoms with Crippen LogP contribution in [0.4, 0.5) is 4.79 Å². The Morgan fingerprint density at radius 1 is 1.38 bits per heavy atom. The van der Waals surface area contributed by atoms with Gasteiger partial charge < -0.3 is 5.32 Å². The number of carbonyl (C=O) groups is 2. The molecule has 0 aliphatic heterocycles. The number of aryl methyl sites for hydroxylation is 2. The topological polar surface area (TPSA) is 93.1 Å². The van der Waals surface area contributed by atoms with Crippen LogP contribution in [0.5, 0.6) is 0 Å². The lowest BCUT2D eigenvalue weighted by molar-refractivity contribution is -0.117. The van der Waals surface area contributed by atoms with E-state index in [9.17, 15) is 14.4 Å². The largest absolute Gasteiger partial charge is 0.336 e. The van der Waals surface area contributed by atoms with E-state index in [-0.39, 0.29) is 17.4 Å². The maximum atomic E-state index is 12.8. The highest BCUT2D eigenvalue weighted by atomic mass is 32.2. The van der Waals surface area contributed by atoms with Crippen molar-refractivity contribution in [3.05, 3.63) is 33.4 Å². The molecule has 9 heteroatoms. The van der Waals surface area contributed by atoms with Crippen molar-refractivity contribution < 1.29 is 9.59 Å². The van der Waals surface area contributed by atoms with Crippen molar-refractivity contribution in [3.63, 3.8) is 0 Å². The third-order valence-electron chi connectivity index (χ3n) is 3.57. The van der Waals surface area contributed by atoms with Gasteiger partial charge in [0.05, 0.1) is 11.1 Å². The van der Waals surface area contributed by atoms with E-state index in [1.165, 1.54) is 15.9 Å². The van der Waals surface area contributed by atoms with Gasteiger partial charge in [-0.15, -0.1) is 17.9 Å². The molecule has 2 N–H and O–H groups in total. The number of imide groups is 1. The van der Waals surface area contributed by atoms with Gasteiger partial charge >= 0.3 is 6.03 Å². The Hall–Kier alpha value is -2.13. The molecule has 2 aromatic heterocycles. The van der Waals surface area contributed by atoms with E-state index in [4.69, 9.17) is 0 Å². The third kappa shape index (κ3) is 4.53. The van der Waals surface area contributed by atoms with Crippen molar-refractivity contribution in [1.82, 2.24) is 20.2 Å². The standard InChI is InChI=1S/C17H22N4O3S2/c1-6-7-21-15(23)13-10(4)11(5)26-14(13)20-17(21)25-8-12(22)19-16(24)18-9(2)3/h6,9H,1,7-8H2,2-5H3,(H2,18,19,22,24). The third-order valence-corrected chi connectivity index (χ3v) is 5.65. The summed E-state index contributed by atoms with van der Waals surface area (Å²) in [4.78, 5) is 42.6. The molecule has 0 aliphatic carbocycles. The van der Waals surface area contributed by atoms with Crippen molar-refractivity contribution in [2.75, 3.05) is 5.75 Å². The Bertz CT molecular complexity index is 915. The first kappa shape index (κ1) is 20.2. The van der Waals surface area contributed by atoms with E-state index < -0.39 is 11.9 Å². The molecule has 0 spiro atoms. The number of thioether (sulfide) groups is 1. The van der Waals surface area contributed by atoms with E-state index in [1.807, 2.05) is 13.8 Å². The summed E-state index contributed by atoms with van der Waals surface area (Å²) < 4.78 is 1.50. The molecule has 0 bridgehead atoms. The molecule has 0 unspecified atom stereocenters. The number of aromatic nitrogens is 2. The van der Waals surface area contributed by atoms with Gasteiger partial charge in [0.1, 0.15) is 4.83 Å². The summed E-state index contributed by atoms with van der Waals surface area (Å²) in [5.41, 5.74) is 0.789. The van der Waals surface area contributed by atoms with Gasteiger partial charge in [-0.25, -0.2) is 9.78 Å². The van der Waals surface area contributed by atoms with Gasteiger partial charge in [0, 0.05) is 17.5 Å². The number of fused-ring (bicyclic) bond motifs is 1. The lowest BCUT2D eigenvalue weighted by Crippen LogP contribution is -2.43. The van der Waals surface area contributed by atoms with Gasteiger partial charge in [0.15, 0.2) is 5.16 Å². The first-order valence-corrected chi connectivity index (χ1v) is 9.89. The number of carbonyl (C=O) groups excluding carboxylic acids is 2. The summed E-state index contributed by atoms with van der Waals surface area (Å²) in [7, 11) is 0. The smallest absolute Gasteiger partial charge is 0.321 e. The van der Waals surface area contributed by atoms with Gasteiger partial charge in [-0.1, -0.05) is 17.8 Å². The van der Waals surface area contributed by atoms with Crippen molar-refractivity contribution in [1.29, 1.82) is 0 Å². The number of allylic oxidation sites excluding steroid dienone is 1. The Labute approximate surface area is 159 Å². The van der Waals surface area contributed by atoms with E-state index >= 15 is 0 Å². The number of amides is 3. The first-order valence-electron chi connectivity index (χ1n) is 8.09. The molecule has 140 valence electrons. The van der Waals surface area contributed by atoms with Crippen LogP contribution in [0.1, 0.15) is 24.3 Å². The maximum absolute atomic E-state index is 12.8. The average molecular weight is 395 g/mol. The fraction of sp³-hybridized carbons (Fsp3) is 0.412. The molecule has 2 aromatic rings. The molecule has 0 saturated carbocycles. The van der Waals surface area contributed by atoms with Crippen LogP contribution < -0.4 is 16.2 Å². The van der Waals surface area contributed by atoms with Crippen LogP contribution in [0, 0.1) is 13.8 Å². The Balaban J connectivity index is 2.24. The number of thiophene rings is 1. The zero-order valence-corrected chi connectivity index (χ0v) is 16.8. The summed E-state index contributed by atoms with van der Waals surface area (Å²) in [5.74, 6) is -0.476. The van der Waals surface area contributed by atoms with E-state index in [1.54, 1.807) is 19.9 Å². The van der Waals surface area contributed by atoms with Crippen LogP contribution in [0.3, 0.4) is 0 Å². The van der Waals surface area contributed by atoms with Crippen molar-refractivity contribution >= 4 is 45.3 Å². The second kappa shape index (κ2) is 8.50. The number of urea groups is 1. The van der Waals surface area contributed by atoms with Crippen LogP contribution in [0.15, 0.2) is 22.6 Å². The van der Waals surface area contributed by atoms with Gasteiger partial charge in [0.25, 0.3) is 5.56 Å². The van der Waals surface area contributed by atoms with Gasteiger partial charge in [0.2, 0.25) is 5.91 Å². The summed E-state index contributed by atoms with van der Waals surface area (Å²) >= 11 is 2.58. The minimum atomic E-state index is -0.540. The Kier molecular flexibility index (Phi) is 6.60. The van der Waals surface area contributed by atoms with E-state index in [0.29, 0.717) is 21.9 Å². The molecule has 2 heterocycles. The molecule has 2 rings (SSSR count). The second-order valence-corrected chi connectivity index (χ2v) is 8.17. The molecule has 7 nitrogen and oxygen atoms in total. The number of rotatable bonds is 6. The maximum Gasteiger partial charge on any atom is 0.321 e. The normalized spacial score (nSPS) is 11.0. The SMILES string of the molecule is C=CCn1c(SCC(=O)NC(=O)NC(C)C)nc2sc(C)c(C)c2c1=O. The van der Waals surface area contributed by atoms with Crippen molar-refractivity contribution in [2.24, 2.45) is 0 Å². The Morgan fingerprint density at radius 2 is 2.08 bits per heavy atom. The number of hydrogen-bond donors (Lipinski definition) is 2. The first-order chi connectivity index (χ1) is 12.2. The lowest BCUT2D eigenvalue weighted by Gasteiger charge is -2.11. The molecule has 0 aliphatic rings. The quantitative estimate of drug-likeness (QED) is 0.446. The van der Waals surface area contributed by atoms with Gasteiger partial charge in [-0.05, 0) is 33.3 Å². The second-order valence-electron chi connectivity index (χ2n) is 6.03. The zero-order valence-electron chi connectivity index (χ0n) is 15.2. The molecule has 3 amide bonds. The highest BCUT2D eigenvalue weighted by Crippen LogP contribution is 2.28. The fourth-order valence-electron chi connectivity index (χ4n) is 2.30. The lowest BCUT2D eigenvalue weighted by atomic mass is 10.2. The van der Waals surface area contributed by atoms with E-state index in [0.717, 1.165) is 22.2 Å². The summed E-state index contributed by atoms with van der Waals surface area (Å²) in [6.07, 6.45) is 1.61. The average Bonchev–Trinajstić information content (AvgIpc) is 2.82. The van der Waals surface area contributed by atoms with Crippen LogP contribution >= 0.6 is 23.1 Å². The molecular formula is C17H22N4O3S2.